The van der Waals surface area contributed by atoms with Crippen LogP contribution in [0, 0.1) is 13.8 Å². The van der Waals surface area contributed by atoms with Crippen LogP contribution in [0.15, 0.2) is 66.3 Å². The molecule has 0 aromatic carbocycles. The van der Waals surface area contributed by atoms with Gasteiger partial charge in [0, 0.05) is 48.7 Å². The largest absolute Gasteiger partial charge is 0.364 e. The van der Waals surface area contributed by atoms with Gasteiger partial charge in [-0.15, -0.1) is 0 Å². The zero-order valence-corrected chi connectivity index (χ0v) is 17.6. The van der Waals surface area contributed by atoms with E-state index in [-0.39, 0.29) is 5.91 Å². The van der Waals surface area contributed by atoms with Crippen molar-refractivity contribution in [1.82, 2.24) is 29.7 Å². The number of allylic oxidation sites excluding steroid dienone is 6. The van der Waals surface area contributed by atoms with Gasteiger partial charge >= 0.3 is 0 Å². The van der Waals surface area contributed by atoms with Gasteiger partial charge in [-0.25, -0.2) is 4.52 Å². The first-order valence-corrected chi connectivity index (χ1v) is 10.7. The van der Waals surface area contributed by atoms with Gasteiger partial charge in [-0.3, -0.25) is 14.7 Å². The number of amides is 1. The summed E-state index contributed by atoms with van der Waals surface area (Å²) in [5.74, 6) is -0.0713. The molecule has 1 amide bonds. The lowest BCUT2D eigenvalue weighted by Crippen LogP contribution is -2.43. The second-order valence-corrected chi connectivity index (χ2v) is 8.62. The van der Waals surface area contributed by atoms with Crippen LogP contribution in [0.25, 0.3) is 11.1 Å². The monoisotopic (exact) mass is 412 g/mol. The number of hydrogen-bond acceptors (Lipinski definition) is 5. The fraction of sp³-hybridized carbons (Fsp3) is 0.292. The van der Waals surface area contributed by atoms with Crippen molar-refractivity contribution in [3.8, 4) is 0 Å². The molecule has 0 spiro atoms. The topological polar surface area (TPSA) is 65.8 Å². The van der Waals surface area contributed by atoms with Crippen LogP contribution < -0.4 is 5.32 Å². The van der Waals surface area contributed by atoms with E-state index in [1.807, 2.05) is 61.1 Å². The zero-order chi connectivity index (χ0) is 21.1. The van der Waals surface area contributed by atoms with Gasteiger partial charge in [0.1, 0.15) is 0 Å². The average molecular weight is 412 g/mol. The summed E-state index contributed by atoms with van der Waals surface area (Å²) in [7, 11) is 0. The van der Waals surface area contributed by atoms with Crippen LogP contribution in [-0.2, 0) is 4.79 Å². The Hall–Kier alpha value is -3.45. The number of fused-ring (bicyclic) bond motifs is 4. The Morgan fingerprint density at radius 2 is 2.03 bits per heavy atom. The normalized spacial score (nSPS) is 26.5. The Morgan fingerprint density at radius 3 is 2.84 bits per heavy atom. The van der Waals surface area contributed by atoms with Crippen LogP contribution in [0.2, 0.25) is 0 Å². The van der Waals surface area contributed by atoms with Gasteiger partial charge in [0.25, 0.3) is 5.91 Å². The van der Waals surface area contributed by atoms with E-state index in [0.29, 0.717) is 12.1 Å². The first kappa shape index (κ1) is 18.3. The number of nitrogens with zero attached hydrogens (tertiary/aromatic N) is 5. The molecule has 0 unspecified atom stereocenters. The maximum atomic E-state index is 13.3. The molecule has 156 valence electrons. The van der Waals surface area contributed by atoms with Crippen molar-refractivity contribution in [2.45, 2.75) is 32.4 Å². The Balaban J connectivity index is 1.35. The number of nitrogens with one attached hydrogen (secondary N) is 1. The third-order valence-corrected chi connectivity index (χ3v) is 6.47. The molecule has 2 saturated heterocycles. The van der Waals surface area contributed by atoms with Crippen molar-refractivity contribution in [2.75, 3.05) is 13.1 Å². The predicted octanol–water partition coefficient (Wildman–Crippen LogP) is 2.47. The first-order chi connectivity index (χ1) is 15.0. The molecule has 31 heavy (non-hydrogen) atoms. The maximum absolute atomic E-state index is 13.3. The minimum Gasteiger partial charge on any atom is -0.364 e. The smallest absolute Gasteiger partial charge is 0.255 e. The Morgan fingerprint density at radius 1 is 1.16 bits per heavy atom. The summed E-state index contributed by atoms with van der Waals surface area (Å²) in [6, 6.07) is 3.06. The van der Waals surface area contributed by atoms with Gasteiger partial charge in [-0.1, -0.05) is 12.2 Å². The molecule has 4 aliphatic heterocycles. The highest BCUT2D eigenvalue weighted by Crippen LogP contribution is 2.31. The van der Waals surface area contributed by atoms with E-state index in [1.54, 1.807) is 11.0 Å². The van der Waals surface area contributed by atoms with E-state index >= 15 is 0 Å². The Labute approximate surface area is 180 Å². The van der Waals surface area contributed by atoms with Crippen molar-refractivity contribution in [1.29, 1.82) is 0 Å². The van der Waals surface area contributed by atoms with Gasteiger partial charge < -0.3 is 10.2 Å². The lowest BCUT2D eigenvalue weighted by Gasteiger charge is -2.34. The van der Waals surface area contributed by atoms with Gasteiger partial charge in [0.05, 0.1) is 34.5 Å². The summed E-state index contributed by atoms with van der Waals surface area (Å²) in [5.41, 5.74) is 6.30. The highest BCUT2D eigenvalue weighted by atomic mass is 16.2. The SMILES string of the molecule is Cc1cn2nc(C3=CC(=O)N4C=C(N5C[C@@H]6C[C@H]5CN6)C=C/C4=C\C=C3)cc2c(C)n1. The van der Waals surface area contributed by atoms with Crippen molar-refractivity contribution in [2.24, 2.45) is 0 Å². The standard InChI is InChI=1S/C24H24N6O/c1-15-12-30-23(16(2)26-15)10-22(27-30)17-4-3-5-19-6-7-20(14-29(19)24(31)8-17)28-13-18-9-21(28)11-25-18/h3-8,10,12,14,18,21,25H,9,11,13H2,1-2H3/b4-3?,17-8?,19-5+/t18-,21-/m0/s1. The molecule has 1 N–H and O–H groups in total. The summed E-state index contributed by atoms with van der Waals surface area (Å²) in [5, 5.41) is 8.23. The maximum Gasteiger partial charge on any atom is 0.255 e. The molecule has 6 heterocycles. The van der Waals surface area contributed by atoms with Crippen LogP contribution >= 0.6 is 0 Å². The molecule has 6 rings (SSSR count). The summed E-state index contributed by atoms with van der Waals surface area (Å²) < 4.78 is 1.84. The van der Waals surface area contributed by atoms with Gasteiger partial charge in [-0.2, -0.15) is 5.10 Å². The molecule has 2 aromatic rings. The van der Waals surface area contributed by atoms with Gasteiger partial charge in [-0.05, 0) is 44.6 Å². The second kappa shape index (κ2) is 6.78. The first-order valence-electron chi connectivity index (χ1n) is 10.7. The quantitative estimate of drug-likeness (QED) is 0.821. The Kier molecular flexibility index (Phi) is 4.01. The highest BCUT2D eigenvalue weighted by molar-refractivity contribution is 5.99. The highest BCUT2D eigenvalue weighted by Gasteiger charge is 2.38. The van der Waals surface area contributed by atoms with Crippen LogP contribution in [0.5, 0.6) is 0 Å². The Bertz CT molecular complexity index is 1260. The van der Waals surface area contributed by atoms with E-state index in [0.717, 1.165) is 52.7 Å². The molecule has 2 atom stereocenters. The molecule has 7 nitrogen and oxygen atoms in total. The molecule has 0 saturated carbocycles. The fourth-order valence-electron chi connectivity index (χ4n) is 4.97. The molecule has 2 aromatic heterocycles. The number of piperazine rings is 1. The molecular weight excluding hydrogens is 388 g/mol. The molecule has 7 heteroatoms. The summed E-state index contributed by atoms with van der Waals surface area (Å²) >= 11 is 0. The number of aromatic nitrogens is 3. The number of carbonyl (C=O) groups excluding carboxylic acids is 1. The van der Waals surface area contributed by atoms with Gasteiger partial charge in [0.15, 0.2) is 0 Å². The second-order valence-electron chi connectivity index (χ2n) is 8.62. The number of aryl methyl sites for hydroxylation is 2. The number of rotatable bonds is 2. The van der Waals surface area contributed by atoms with E-state index in [2.05, 4.69) is 21.3 Å². The van der Waals surface area contributed by atoms with Crippen LogP contribution in [0.4, 0.5) is 0 Å². The van der Waals surface area contributed by atoms with E-state index in [9.17, 15) is 4.79 Å². The third kappa shape index (κ3) is 3.04. The van der Waals surface area contributed by atoms with Gasteiger partial charge in [0.2, 0.25) is 0 Å². The fourth-order valence-corrected chi connectivity index (χ4v) is 4.97. The molecule has 4 aliphatic rings. The van der Waals surface area contributed by atoms with E-state index in [4.69, 9.17) is 5.10 Å². The average Bonchev–Trinajstić information content (AvgIpc) is 3.47. The third-order valence-electron chi connectivity index (χ3n) is 6.47. The van der Waals surface area contributed by atoms with Crippen molar-refractivity contribution >= 4 is 17.0 Å². The summed E-state index contributed by atoms with van der Waals surface area (Å²) in [6.45, 7) is 5.94. The molecule has 0 aliphatic carbocycles. The molecular formula is C24H24N6O. The summed E-state index contributed by atoms with van der Waals surface area (Å²) in [4.78, 5) is 21.9. The molecule has 0 radical (unpaired) electrons. The number of hydrogen-bond donors (Lipinski definition) is 1. The van der Waals surface area contributed by atoms with Crippen LogP contribution in [-0.4, -0.2) is 55.5 Å². The van der Waals surface area contributed by atoms with Crippen LogP contribution in [0.3, 0.4) is 0 Å². The molecule has 2 fully saturated rings. The lowest BCUT2D eigenvalue weighted by molar-refractivity contribution is -0.122. The minimum atomic E-state index is -0.0713. The lowest BCUT2D eigenvalue weighted by atomic mass is 10.1. The molecule has 2 bridgehead atoms. The number of carbonyl (C=O) groups is 1. The van der Waals surface area contributed by atoms with E-state index in [1.165, 1.54) is 6.42 Å². The number of likely N-dealkylation sites (tertiary alicyclic amines) is 1. The minimum absolute atomic E-state index is 0.0713. The van der Waals surface area contributed by atoms with Crippen molar-refractivity contribution < 1.29 is 4.79 Å². The van der Waals surface area contributed by atoms with Crippen LogP contribution in [0.1, 0.15) is 23.5 Å². The predicted molar refractivity (Wildman–Crippen MR) is 119 cm³/mol. The van der Waals surface area contributed by atoms with Crippen molar-refractivity contribution in [3.63, 3.8) is 0 Å². The summed E-state index contributed by atoms with van der Waals surface area (Å²) in [6.07, 6.45) is 16.8. The zero-order valence-electron chi connectivity index (χ0n) is 17.6. The van der Waals surface area contributed by atoms with E-state index < -0.39 is 0 Å². The van der Waals surface area contributed by atoms with Crippen molar-refractivity contribution in [3.05, 3.63) is 83.4 Å².